The normalized spacial score (nSPS) is 16.1. The molecule has 0 spiro atoms. The number of hydrogen-bond acceptors (Lipinski definition) is 3. The van der Waals surface area contributed by atoms with E-state index in [2.05, 4.69) is 47.3 Å². The van der Waals surface area contributed by atoms with Gasteiger partial charge in [-0.25, -0.2) is 4.98 Å². The molecule has 3 heteroatoms. The minimum absolute atomic E-state index is 1.04. The third kappa shape index (κ3) is 2.78. The summed E-state index contributed by atoms with van der Waals surface area (Å²) >= 11 is 0. The monoisotopic (exact) mass is 231 g/mol. The summed E-state index contributed by atoms with van der Waals surface area (Å²) in [6.45, 7) is 12.5. The molecule has 92 valence electrons. The van der Waals surface area contributed by atoms with E-state index in [-0.39, 0.29) is 0 Å². The molecule has 2 rings (SSSR count). The van der Waals surface area contributed by atoms with Crippen LogP contribution >= 0.6 is 0 Å². The molecular formula is C14H21N3. The number of aryl methyl sites for hydroxylation is 1. The van der Waals surface area contributed by atoms with Crippen molar-refractivity contribution >= 4 is 5.82 Å². The van der Waals surface area contributed by atoms with Crippen LogP contribution in [0.25, 0.3) is 0 Å². The van der Waals surface area contributed by atoms with Crippen LogP contribution in [0.1, 0.15) is 18.9 Å². The number of hydrogen-bond donors (Lipinski definition) is 0. The van der Waals surface area contributed by atoms with E-state index in [0.29, 0.717) is 0 Å². The van der Waals surface area contributed by atoms with Crippen LogP contribution in [0.3, 0.4) is 0 Å². The molecule has 0 aliphatic carbocycles. The second kappa shape index (κ2) is 5.21. The fourth-order valence-corrected chi connectivity index (χ4v) is 2.12. The zero-order valence-electron chi connectivity index (χ0n) is 10.8. The summed E-state index contributed by atoms with van der Waals surface area (Å²) in [6.07, 6.45) is 2.98. The summed E-state index contributed by atoms with van der Waals surface area (Å²) in [5.41, 5.74) is 2.47. The first-order valence-electron chi connectivity index (χ1n) is 6.31. The Morgan fingerprint density at radius 1 is 1.29 bits per heavy atom. The number of nitrogens with zero attached hydrogens (tertiary/aromatic N) is 3. The first-order valence-corrected chi connectivity index (χ1v) is 6.31. The largest absolute Gasteiger partial charge is 0.372 e. The molecule has 0 N–H and O–H groups in total. The number of allylic oxidation sites excluding steroid dienone is 1. The highest BCUT2D eigenvalue weighted by molar-refractivity contribution is 5.39. The summed E-state index contributed by atoms with van der Waals surface area (Å²) in [6, 6.07) is 4.24. The molecule has 17 heavy (non-hydrogen) atoms. The fraction of sp³-hybridized carbons (Fsp3) is 0.500. The van der Waals surface area contributed by atoms with Crippen LogP contribution in [0.5, 0.6) is 0 Å². The van der Waals surface area contributed by atoms with Gasteiger partial charge < -0.3 is 9.80 Å². The van der Waals surface area contributed by atoms with Gasteiger partial charge in [0.2, 0.25) is 0 Å². The van der Waals surface area contributed by atoms with Crippen molar-refractivity contribution in [3.63, 3.8) is 0 Å². The highest BCUT2D eigenvalue weighted by Gasteiger charge is 2.17. The van der Waals surface area contributed by atoms with E-state index in [1.54, 1.807) is 0 Å². The predicted molar refractivity (Wildman–Crippen MR) is 72.2 cm³/mol. The van der Waals surface area contributed by atoms with Crippen LogP contribution in [0, 0.1) is 6.92 Å². The van der Waals surface area contributed by atoms with E-state index < -0.39 is 0 Å². The summed E-state index contributed by atoms with van der Waals surface area (Å²) in [7, 11) is 0. The third-order valence-corrected chi connectivity index (χ3v) is 3.35. The van der Waals surface area contributed by atoms with E-state index >= 15 is 0 Å². The highest BCUT2D eigenvalue weighted by Crippen LogP contribution is 2.16. The lowest BCUT2D eigenvalue weighted by Crippen LogP contribution is -2.45. The molecule has 1 aliphatic rings. The van der Waals surface area contributed by atoms with Crippen LogP contribution in [0.15, 0.2) is 30.6 Å². The predicted octanol–water partition coefficient (Wildman–Crippen LogP) is 2.44. The van der Waals surface area contributed by atoms with Gasteiger partial charge in [0.1, 0.15) is 5.82 Å². The average Bonchev–Trinajstić information content (AvgIpc) is 2.39. The molecule has 1 saturated heterocycles. The van der Waals surface area contributed by atoms with Gasteiger partial charge in [-0.2, -0.15) is 0 Å². The maximum Gasteiger partial charge on any atom is 0.128 e. The minimum atomic E-state index is 1.04. The standard InChI is InChI=1S/C14H21N3/c1-4-13(3)16-7-9-17(10-8-16)14-6-5-12(2)11-15-14/h5-6,11H,3-4,7-10H2,1-2H3. The summed E-state index contributed by atoms with van der Waals surface area (Å²) in [4.78, 5) is 9.20. The molecule has 2 heterocycles. The van der Waals surface area contributed by atoms with Crippen molar-refractivity contribution in [3.05, 3.63) is 36.2 Å². The first-order chi connectivity index (χ1) is 8.20. The molecule has 0 saturated carbocycles. The molecule has 0 unspecified atom stereocenters. The highest BCUT2D eigenvalue weighted by atomic mass is 15.3. The fourth-order valence-electron chi connectivity index (χ4n) is 2.12. The van der Waals surface area contributed by atoms with Gasteiger partial charge >= 0.3 is 0 Å². The van der Waals surface area contributed by atoms with E-state index in [4.69, 9.17) is 0 Å². The third-order valence-electron chi connectivity index (χ3n) is 3.35. The Kier molecular flexibility index (Phi) is 3.67. The Bertz CT molecular complexity index is 375. The van der Waals surface area contributed by atoms with Crippen molar-refractivity contribution < 1.29 is 0 Å². The molecule has 0 amide bonds. The van der Waals surface area contributed by atoms with Crippen LogP contribution in [0.4, 0.5) is 5.82 Å². The Morgan fingerprint density at radius 2 is 2.00 bits per heavy atom. The summed E-state index contributed by atoms with van der Waals surface area (Å²) < 4.78 is 0. The van der Waals surface area contributed by atoms with E-state index in [1.807, 2.05) is 6.20 Å². The molecule has 1 aliphatic heterocycles. The van der Waals surface area contributed by atoms with Gasteiger partial charge in [-0.1, -0.05) is 19.6 Å². The van der Waals surface area contributed by atoms with Gasteiger partial charge in [0.15, 0.2) is 0 Å². The Balaban J connectivity index is 1.95. The average molecular weight is 231 g/mol. The molecule has 0 radical (unpaired) electrons. The van der Waals surface area contributed by atoms with Crippen LogP contribution < -0.4 is 4.90 Å². The molecule has 3 nitrogen and oxygen atoms in total. The number of pyridine rings is 1. The Labute approximate surface area is 104 Å². The van der Waals surface area contributed by atoms with Crippen molar-refractivity contribution in [1.82, 2.24) is 9.88 Å². The first kappa shape index (κ1) is 12.0. The van der Waals surface area contributed by atoms with Gasteiger partial charge in [-0.15, -0.1) is 0 Å². The van der Waals surface area contributed by atoms with E-state index in [1.165, 1.54) is 11.3 Å². The summed E-state index contributed by atoms with van der Waals surface area (Å²) in [5, 5.41) is 0. The van der Waals surface area contributed by atoms with Crippen LogP contribution in [0.2, 0.25) is 0 Å². The quantitative estimate of drug-likeness (QED) is 0.796. The molecule has 1 fully saturated rings. The number of rotatable bonds is 3. The van der Waals surface area contributed by atoms with Gasteiger partial charge in [0.25, 0.3) is 0 Å². The topological polar surface area (TPSA) is 19.4 Å². The van der Waals surface area contributed by atoms with Crippen molar-refractivity contribution in [2.75, 3.05) is 31.1 Å². The maximum atomic E-state index is 4.48. The molecule has 0 atom stereocenters. The van der Waals surface area contributed by atoms with Gasteiger partial charge in [-0.3, -0.25) is 0 Å². The van der Waals surface area contributed by atoms with Crippen molar-refractivity contribution in [3.8, 4) is 0 Å². The number of piperazine rings is 1. The number of anilines is 1. The van der Waals surface area contributed by atoms with Crippen LogP contribution in [-0.4, -0.2) is 36.1 Å². The molecule has 1 aromatic rings. The van der Waals surface area contributed by atoms with E-state index in [9.17, 15) is 0 Å². The van der Waals surface area contributed by atoms with E-state index in [0.717, 1.165) is 38.4 Å². The molecule has 0 bridgehead atoms. The smallest absolute Gasteiger partial charge is 0.128 e. The second-order valence-electron chi connectivity index (χ2n) is 4.59. The summed E-state index contributed by atoms with van der Waals surface area (Å²) in [5.74, 6) is 1.09. The minimum Gasteiger partial charge on any atom is -0.372 e. The Hall–Kier alpha value is -1.51. The lowest BCUT2D eigenvalue weighted by atomic mass is 10.2. The van der Waals surface area contributed by atoms with Crippen LogP contribution in [-0.2, 0) is 0 Å². The Morgan fingerprint density at radius 3 is 2.53 bits per heavy atom. The van der Waals surface area contributed by atoms with Gasteiger partial charge in [0, 0.05) is 38.1 Å². The van der Waals surface area contributed by atoms with Crippen molar-refractivity contribution in [1.29, 1.82) is 0 Å². The lowest BCUT2D eigenvalue weighted by Gasteiger charge is -2.37. The zero-order valence-corrected chi connectivity index (χ0v) is 10.8. The molecule has 0 aromatic carbocycles. The van der Waals surface area contributed by atoms with Gasteiger partial charge in [0.05, 0.1) is 0 Å². The van der Waals surface area contributed by atoms with Crippen molar-refractivity contribution in [2.45, 2.75) is 20.3 Å². The molecular weight excluding hydrogens is 210 g/mol. The SMILES string of the molecule is C=C(CC)N1CCN(c2ccc(C)cn2)CC1. The van der Waals surface area contributed by atoms with Crippen molar-refractivity contribution in [2.24, 2.45) is 0 Å². The molecule has 1 aromatic heterocycles. The van der Waals surface area contributed by atoms with Gasteiger partial charge in [-0.05, 0) is 25.0 Å². The second-order valence-corrected chi connectivity index (χ2v) is 4.59. The maximum absolute atomic E-state index is 4.48. The zero-order chi connectivity index (χ0) is 12.3. The lowest BCUT2D eigenvalue weighted by molar-refractivity contribution is 0.314. The number of aromatic nitrogens is 1.